The third-order valence-corrected chi connectivity index (χ3v) is 7.01. The third kappa shape index (κ3) is 5.48. The van der Waals surface area contributed by atoms with Crippen molar-refractivity contribution >= 4 is 40.9 Å². The van der Waals surface area contributed by atoms with Gasteiger partial charge in [0.15, 0.2) is 0 Å². The molecule has 1 aliphatic rings. The molecule has 3 nitrogen and oxygen atoms in total. The Bertz CT molecular complexity index is 735. The Balaban J connectivity index is 1.54. The maximum Gasteiger partial charge on any atom is 0.315 e. The summed E-state index contributed by atoms with van der Waals surface area (Å²) in [6.07, 6.45) is 4.61. The summed E-state index contributed by atoms with van der Waals surface area (Å²) in [4.78, 5) is 17.0. The summed E-state index contributed by atoms with van der Waals surface area (Å²) in [5.41, 5.74) is 2.41. The second-order valence-corrected chi connectivity index (χ2v) is 9.08. The monoisotopic (exact) mass is 415 g/mol. The molecule has 0 aromatic heterocycles. The van der Waals surface area contributed by atoms with Crippen LogP contribution in [0.15, 0.2) is 58.3 Å². The van der Waals surface area contributed by atoms with Crippen LogP contribution in [0, 0.1) is 5.92 Å². The highest BCUT2D eigenvalue weighted by Gasteiger charge is 2.23. The zero-order valence-corrected chi connectivity index (χ0v) is 18.4. The molecule has 0 N–H and O–H groups in total. The molecule has 0 bridgehead atoms. The molecular weight excluding hydrogens is 386 g/mol. The van der Waals surface area contributed by atoms with Crippen LogP contribution in [0.3, 0.4) is 0 Å². The molecule has 2 aromatic carbocycles. The molecule has 28 heavy (non-hydrogen) atoms. The Morgan fingerprint density at radius 1 is 1.07 bits per heavy atom. The molecule has 0 aliphatic carbocycles. The molecule has 1 heterocycles. The number of esters is 1. The number of hydrogen-bond acceptors (Lipinski definition) is 5. The van der Waals surface area contributed by atoms with Gasteiger partial charge in [-0.05, 0) is 36.6 Å². The summed E-state index contributed by atoms with van der Waals surface area (Å²) in [7, 11) is 0. The predicted octanol–water partition coefficient (Wildman–Crippen LogP) is 6.74. The van der Waals surface area contributed by atoms with Crippen molar-refractivity contribution in [1.29, 1.82) is 0 Å². The van der Waals surface area contributed by atoms with E-state index in [0.717, 1.165) is 18.7 Å². The van der Waals surface area contributed by atoms with Crippen molar-refractivity contribution in [3.05, 3.63) is 48.5 Å². The van der Waals surface area contributed by atoms with E-state index in [4.69, 9.17) is 4.74 Å². The van der Waals surface area contributed by atoms with Gasteiger partial charge in [0, 0.05) is 9.79 Å². The first-order valence-electron chi connectivity index (χ1n) is 10.1. The zero-order valence-electron chi connectivity index (χ0n) is 16.7. The molecule has 0 saturated heterocycles. The van der Waals surface area contributed by atoms with E-state index in [2.05, 4.69) is 67.3 Å². The van der Waals surface area contributed by atoms with Crippen LogP contribution in [0.2, 0.25) is 0 Å². The van der Waals surface area contributed by atoms with Gasteiger partial charge in [-0.2, -0.15) is 0 Å². The van der Waals surface area contributed by atoms with Gasteiger partial charge in [0.2, 0.25) is 0 Å². The van der Waals surface area contributed by atoms with Gasteiger partial charge >= 0.3 is 5.97 Å². The summed E-state index contributed by atoms with van der Waals surface area (Å²) in [6.45, 7) is 4.93. The number of hydrogen-bond donors (Lipinski definition) is 0. The molecule has 0 radical (unpaired) electrons. The van der Waals surface area contributed by atoms with E-state index >= 15 is 0 Å². The number of thioether (sulfide) groups is 1. The minimum atomic E-state index is -0.104. The average Bonchev–Trinajstić information content (AvgIpc) is 2.73. The Morgan fingerprint density at radius 3 is 2.32 bits per heavy atom. The number of para-hydroxylation sites is 2. The first-order chi connectivity index (χ1) is 13.7. The van der Waals surface area contributed by atoms with E-state index in [-0.39, 0.29) is 5.97 Å². The summed E-state index contributed by atoms with van der Waals surface area (Å²) < 4.78 is 5.54. The number of rotatable bonds is 10. The van der Waals surface area contributed by atoms with E-state index in [1.165, 1.54) is 34.0 Å². The van der Waals surface area contributed by atoms with Crippen LogP contribution in [0.5, 0.6) is 0 Å². The van der Waals surface area contributed by atoms with Gasteiger partial charge in [-0.3, -0.25) is 4.79 Å². The van der Waals surface area contributed by atoms with Gasteiger partial charge in [-0.15, -0.1) is 11.8 Å². The summed E-state index contributed by atoms with van der Waals surface area (Å²) >= 11 is 3.42. The van der Waals surface area contributed by atoms with Crippen molar-refractivity contribution in [2.45, 2.75) is 49.3 Å². The molecule has 0 spiro atoms. The largest absolute Gasteiger partial charge is 0.465 e. The number of carbonyl (C=O) groups is 1. The molecule has 0 amide bonds. The third-order valence-electron chi connectivity index (χ3n) is 5.00. The number of unbranched alkanes of at least 4 members (excludes halogenated alkanes) is 1. The average molecular weight is 416 g/mol. The van der Waals surface area contributed by atoms with Crippen LogP contribution in [0.1, 0.15) is 39.5 Å². The van der Waals surface area contributed by atoms with Gasteiger partial charge in [0.1, 0.15) is 0 Å². The number of carbonyl (C=O) groups excluding carboxylic acids is 1. The lowest BCUT2D eigenvalue weighted by atomic mass is 10.0. The summed E-state index contributed by atoms with van der Waals surface area (Å²) in [5.74, 6) is 1.51. The minimum Gasteiger partial charge on any atom is -0.465 e. The zero-order chi connectivity index (χ0) is 19.8. The molecule has 150 valence electrons. The van der Waals surface area contributed by atoms with Crippen molar-refractivity contribution in [3.8, 4) is 0 Å². The first-order valence-corrected chi connectivity index (χ1v) is 12.1. The lowest BCUT2D eigenvalue weighted by Crippen LogP contribution is -2.22. The van der Waals surface area contributed by atoms with Crippen molar-refractivity contribution in [1.82, 2.24) is 0 Å². The Hall–Kier alpha value is -1.59. The number of anilines is 2. The molecule has 0 saturated carbocycles. The van der Waals surface area contributed by atoms with Crippen LogP contribution < -0.4 is 4.90 Å². The van der Waals surface area contributed by atoms with E-state index < -0.39 is 0 Å². The highest BCUT2D eigenvalue weighted by Crippen LogP contribution is 2.48. The second-order valence-electron chi connectivity index (χ2n) is 7.04. The number of fused-ring (bicyclic) bond motifs is 2. The summed E-state index contributed by atoms with van der Waals surface area (Å²) in [6, 6.07) is 16.9. The van der Waals surface area contributed by atoms with Crippen molar-refractivity contribution < 1.29 is 9.53 Å². The Kier molecular flexibility index (Phi) is 8.16. The quantitative estimate of drug-likeness (QED) is 0.401. The molecule has 1 atom stereocenters. The molecular formula is C23H29NO2S2. The minimum absolute atomic E-state index is 0.104. The molecule has 1 aliphatic heterocycles. The predicted molar refractivity (Wildman–Crippen MR) is 121 cm³/mol. The van der Waals surface area contributed by atoms with E-state index in [0.29, 0.717) is 18.3 Å². The fraction of sp³-hybridized carbons (Fsp3) is 0.435. The van der Waals surface area contributed by atoms with Gasteiger partial charge in [-0.1, -0.05) is 69.1 Å². The highest BCUT2D eigenvalue weighted by molar-refractivity contribution is 8.00. The second kappa shape index (κ2) is 10.8. The summed E-state index contributed by atoms with van der Waals surface area (Å²) in [5, 5.41) is 0. The number of ether oxygens (including phenoxy) is 1. The maximum absolute atomic E-state index is 12.2. The van der Waals surface area contributed by atoms with Crippen LogP contribution >= 0.6 is 23.5 Å². The van der Waals surface area contributed by atoms with Gasteiger partial charge in [0.05, 0.1) is 29.6 Å². The van der Waals surface area contributed by atoms with Gasteiger partial charge in [-0.25, -0.2) is 0 Å². The van der Waals surface area contributed by atoms with Crippen molar-refractivity contribution in [3.63, 3.8) is 0 Å². The van der Waals surface area contributed by atoms with Crippen LogP contribution in [0.4, 0.5) is 11.4 Å². The fourth-order valence-electron chi connectivity index (χ4n) is 3.29. The highest BCUT2D eigenvalue weighted by atomic mass is 32.2. The lowest BCUT2D eigenvalue weighted by molar-refractivity contribution is -0.141. The number of benzene rings is 2. The van der Waals surface area contributed by atoms with Crippen LogP contribution in [0.25, 0.3) is 0 Å². The number of nitrogens with zero attached hydrogens (tertiary/aromatic N) is 1. The fourth-order valence-corrected chi connectivity index (χ4v) is 5.19. The topological polar surface area (TPSA) is 29.5 Å². The standard InChI is InChI=1S/C23H29NO2S2/c1-3-5-10-18(4-2)15-26-23(25)16-27-17-24-19-11-6-8-13-21(19)28-22-14-9-7-12-20(22)24/h6-9,11-14,18H,3-5,10,15-17H2,1-2H3. The van der Waals surface area contributed by atoms with E-state index in [1.807, 2.05) is 0 Å². The first kappa shape index (κ1) is 21.1. The van der Waals surface area contributed by atoms with E-state index in [9.17, 15) is 4.79 Å². The van der Waals surface area contributed by atoms with E-state index in [1.54, 1.807) is 23.5 Å². The maximum atomic E-state index is 12.2. The van der Waals surface area contributed by atoms with Crippen molar-refractivity contribution in [2.24, 2.45) is 5.92 Å². The molecule has 2 aromatic rings. The molecule has 1 unspecified atom stereocenters. The van der Waals surface area contributed by atoms with Crippen LogP contribution in [-0.4, -0.2) is 24.2 Å². The molecule has 0 fully saturated rings. The SMILES string of the molecule is CCCCC(CC)COC(=O)CSCN1c2ccccc2Sc2ccccc21. The molecule has 5 heteroatoms. The normalized spacial score (nSPS) is 13.6. The smallest absolute Gasteiger partial charge is 0.315 e. The van der Waals surface area contributed by atoms with Crippen molar-refractivity contribution in [2.75, 3.05) is 23.1 Å². The van der Waals surface area contributed by atoms with Crippen LogP contribution in [-0.2, 0) is 9.53 Å². The van der Waals surface area contributed by atoms with Gasteiger partial charge in [0.25, 0.3) is 0 Å². The molecule has 3 rings (SSSR count). The Labute approximate surface area is 177 Å². The lowest BCUT2D eigenvalue weighted by Gasteiger charge is -2.32. The van der Waals surface area contributed by atoms with Gasteiger partial charge < -0.3 is 9.64 Å². The Morgan fingerprint density at radius 2 is 1.71 bits per heavy atom.